The van der Waals surface area contributed by atoms with Gasteiger partial charge in [0.25, 0.3) is 0 Å². The molecule has 0 aliphatic carbocycles. The maximum absolute atomic E-state index is 13.1. The van der Waals surface area contributed by atoms with Crippen LogP contribution < -0.4 is 0 Å². The van der Waals surface area contributed by atoms with Crippen molar-refractivity contribution in [3.8, 4) is 0 Å². The Morgan fingerprint density at radius 2 is 0.469 bits per heavy atom. The van der Waals surface area contributed by atoms with E-state index in [1.165, 1.54) is 212 Å². The summed E-state index contributed by atoms with van der Waals surface area (Å²) in [5, 5.41) is 10.6. The van der Waals surface area contributed by atoms with Gasteiger partial charge in [0, 0.05) is 25.7 Å². The summed E-state index contributed by atoms with van der Waals surface area (Å²) in [6.45, 7) is 11.9. The number of ether oxygens (including phenoxy) is 4. The van der Waals surface area contributed by atoms with Crippen LogP contribution in [0.3, 0.4) is 0 Å². The maximum atomic E-state index is 13.1. The monoisotopic (exact) mass is 1440 g/mol. The Morgan fingerprint density at radius 3 is 0.694 bits per heavy atom. The standard InChI is InChI=1S/C79H154O17P2/c1-8-9-10-11-12-13-14-15-16-17-20-23-28-33-38-46-53-60-76(81)89-66-74(95-78(83)62-55-48-39-34-29-24-21-18-19-22-26-31-36-43-50-57-70(2)3)68-93-97(85,86)91-64-73(80)65-92-98(87,88)94-69-75(67-90-77(82)61-54-47-42-41-45-52-59-72(6)7)96-79(84)63-56-49-40-35-30-25-27-32-37-44-51-58-71(4)5/h70-75,80H,8-69H2,1-7H3,(H,85,86)(H,87,88)/t73-,74-,75-/m1/s1. The lowest BCUT2D eigenvalue weighted by Gasteiger charge is -2.21. The Morgan fingerprint density at radius 1 is 0.276 bits per heavy atom. The highest BCUT2D eigenvalue weighted by atomic mass is 31.2. The topological polar surface area (TPSA) is 237 Å². The second-order valence-electron chi connectivity index (χ2n) is 29.9. The van der Waals surface area contributed by atoms with E-state index in [1.807, 2.05) is 0 Å². The molecular formula is C79H154O17P2. The molecule has 0 spiro atoms. The molecule has 0 aromatic carbocycles. The fraction of sp³-hybridized carbons (Fsp3) is 0.949. The van der Waals surface area contributed by atoms with Crippen LogP contribution >= 0.6 is 15.6 Å². The smallest absolute Gasteiger partial charge is 0.462 e. The number of hydrogen-bond donors (Lipinski definition) is 3. The molecule has 2 unspecified atom stereocenters. The van der Waals surface area contributed by atoms with E-state index in [0.717, 1.165) is 108 Å². The minimum absolute atomic E-state index is 0.105. The lowest BCUT2D eigenvalue weighted by Crippen LogP contribution is -2.30. The van der Waals surface area contributed by atoms with Crippen molar-refractivity contribution in [1.29, 1.82) is 0 Å². The number of carbonyl (C=O) groups excluding carboxylic acids is 4. The van der Waals surface area contributed by atoms with Crippen LogP contribution in [0.5, 0.6) is 0 Å². The van der Waals surface area contributed by atoms with Gasteiger partial charge >= 0.3 is 39.5 Å². The van der Waals surface area contributed by atoms with Crippen LogP contribution in [0.15, 0.2) is 0 Å². The quantitative estimate of drug-likeness (QED) is 0.0222. The lowest BCUT2D eigenvalue weighted by atomic mass is 10.0. The number of esters is 4. The van der Waals surface area contributed by atoms with Gasteiger partial charge in [0.1, 0.15) is 19.3 Å². The molecule has 0 aromatic rings. The van der Waals surface area contributed by atoms with Gasteiger partial charge in [0.05, 0.1) is 26.4 Å². The summed E-state index contributed by atoms with van der Waals surface area (Å²) in [7, 11) is -9.92. The SMILES string of the molecule is CCCCCCCCCCCCCCCCCCCC(=O)OC[C@H](COP(=O)(O)OC[C@@H](O)COP(=O)(O)OC[C@@H](COC(=O)CCCCCCCCC(C)C)OC(=O)CCCCCCCCCCCCCC(C)C)OC(=O)CCCCCCCCCCCCCCCCCC(C)C. The van der Waals surface area contributed by atoms with Crippen molar-refractivity contribution >= 4 is 39.5 Å². The van der Waals surface area contributed by atoms with Crippen LogP contribution in [0.2, 0.25) is 0 Å². The van der Waals surface area contributed by atoms with Crippen LogP contribution in [0.25, 0.3) is 0 Å². The second kappa shape index (κ2) is 69.4. The molecule has 0 radical (unpaired) electrons. The maximum Gasteiger partial charge on any atom is 0.472 e. The molecule has 0 bridgehead atoms. The van der Waals surface area contributed by atoms with E-state index in [2.05, 4.69) is 48.5 Å². The number of rotatable bonds is 77. The molecule has 0 heterocycles. The summed E-state index contributed by atoms with van der Waals surface area (Å²) in [5.41, 5.74) is 0. The molecule has 17 nitrogen and oxygen atoms in total. The highest BCUT2D eigenvalue weighted by Crippen LogP contribution is 2.45. The number of phosphoric ester groups is 2. The first-order chi connectivity index (χ1) is 47.2. The molecule has 19 heteroatoms. The molecule has 0 aromatic heterocycles. The van der Waals surface area contributed by atoms with Crippen LogP contribution in [-0.2, 0) is 65.4 Å². The molecule has 0 aliphatic rings. The van der Waals surface area contributed by atoms with Crippen LogP contribution in [0.4, 0.5) is 0 Å². The Bertz CT molecular complexity index is 1900. The van der Waals surface area contributed by atoms with Gasteiger partial charge in [-0.2, -0.15) is 0 Å². The zero-order valence-corrected chi connectivity index (χ0v) is 66.0. The molecule has 3 N–H and O–H groups in total. The van der Waals surface area contributed by atoms with Crippen LogP contribution in [0, 0.1) is 17.8 Å². The first-order valence-corrected chi connectivity index (χ1v) is 43.8. The molecule has 582 valence electrons. The van der Waals surface area contributed by atoms with E-state index in [0.29, 0.717) is 31.6 Å². The number of hydrogen-bond acceptors (Lipinski definition) is 15. The fourth-order valence-corrected chi connectivity index (χ4v) is 13.7. The van der Waals surface area contributed by atoms with E-state index in [-0.39, 0.29) is 25.7 Å². The largest absolute Gasteiger partial charge is 0.472 e. The number of unbranched alkanes of at least 4 members (excludes halogenated alkanes) is 45. The lowest BCUT2D eigenvalue weighted by molar-refractivity contribution is -0.161. The van der Waals surface area contributed by atoms with E-state index >= 15 is 0 Å². The molecule has 0 rings (SSSR count). The van der Waals surface area contributed by atoms with Crippen molar-refractivity contribution in [2.45, 2.75) is 426 Å². The highest BCUT2D eigenvalue weighted by molar-refractivity contribution is 7.47. The molecule has 98 heavy (non-hydrogen) atoms. The molecular weight excluding hydrogens is 1280 g/mol. The highest BCUT2D eigenvalue weighted by Gasteiger charge is 2.30. The van der Waals surface area contributed by atoms with Gasteiger partial charge in [0.15, 0.2) is 12.2 Å². The third-order valence-electron chi connectivity index (χ3n) is 18.4. The Labute approximate surface area is 600 Å². The molecule has 5 atom stereocenters. The van der Waals surface area contributed by atoms with E-state index in [9.17, 15) is 43.2 Å². The normalized spacial score (nSPS) is 14.0. The molecule has 0 amide bonds. The van der Waals surface area contributed by atoms with E-state index in [1.54, 1.807) is 0 Å². The van der Waals surface area contributed by atoms with Crippen molar-refractivity contribution in [3.63, 3.8) is 0 Å². The Balaban J connectivity index is 5.23. The third-order valence-corrected chi connectivity index (χ3v) is 20.3. The van der Waals surface area contributed by atoms with Crippen LogP contribution in [-0.4, -0.2) is 96.7 Å². The number of aliphatic hydroxyl groups is 1. The predicted molar refractivity (Wildman–Crippen MR) is 400 cm³/mol. The predicted octanol–water partition coefficient (Wildman–Crippen LogP) is 23.4. The Kier molecular flexibility index (Phi) is 68.1. The van der Waals surface area contributed by atoms with E-state index < -0.39 is 97.5 Å². The van der Waals surface area contributed by atoms with Gasteiger partial charge in [-0.05, 0) is 43.4 Å². The van der Waals surface area contributed by atoms with Crippen molar-refractivity contribution < 1.29 is 80.2 Å². The van der Waals surface area contributed by atoms with Gasteiger partial charge in [0.2, 0.25) is 0 Å². The zero-order chi connectivity index (χ0) is 72.3. The van der Waals surface area contributed by atoms with E-state index in [4.69, 9.17) is 37.0 Å². The van der Waals surface area contributed by atoms with Crippen molar-refractivity contribution in [3.05, 3.63) is 0 Å². The minimum atomic E-state index is -4.96. The first-order valence-electron chi connectivity index (χ1n) is 40.8. The summed E-state index contributed by atoms with van der Waals surface area (Å²) in [6.07, 6.45) is 57.0. The second-order valence-corrected chi connectivity index (χ2v) is 32.8. The molecule has 0 saturated heterocycles. The minimum Gasteiger partial charge on any atom is -0.462 e. The van der Waals surface area contributed by atoms with Gasteiger partial charge < -0.3 is 33.8 Å². The molecule has 0 saturated carbocycles. The average molecular weight is 1440 g/mol. The van der Waals surface area contributed by atoms with Gasteiger partial charge in [-0.3, -0.25) is 37.3 Å². The van der Waals surface area contributed by atoms with Crippen molar-refractivity contribution in [2.24, 2.45) is 17.8 Å². The number of carbonyl (C=O) groups is 4. The summed E-state index contributed by atoms with van der Waals surface area (Å²) in [5.74, 6) is 0.132. The van der Waals surface area contributed by atoms with Gasteiger partial charge in [-0.25, -0.2) is 9.13 Å². The number of phosphoric acid groups is 2. The van der Waals surface area contributed by atoms with Gasteiger partial charge in [-0.1, -0.05) is 357 Å². The first kappa shape index (κ1) is 96.1. The van der Waals surface area contributed by atoms with Crippen molar-refractivity contribution in [1.82, 2.24) is 0 Å². The van der Waals surface area contributed by atoms with Crippen LogP contribution in [0.1, 0.15) is 408 Å². The zero-order valence-electron chi connectivity index (χ0n) is 64.3. The van der Waals surface area contributed by atoms with Crippen molar-refractivity contribution in [2.75, 3.05) is 39.6 Å². The summed E-state index contributed by atoms with van der Waals surface area (Å²) in [4.78, 5) is 72.9. The Hall–Kier alpha value is -1.94. The average Bonchev–Trinajstić information content (AvgIpc) is 0.930. The summed E-state index contributed by atoms with van der Waals surface area (Å²) in [6, 6.07) is 0. The summed E-state index contributed by atoms with van der Waals surface area (Å²) >= 11 is 0. The summed E-state index contributed by atoms with van der Waals surface area (Å²) < 4.78 is 68.6. The molecule has 0 aliphatic heterocycles. The number of aliphatic hydroxyl groups excluding tert-OH is 1. The van der Waals surface area contributed by atoms with Gasteiger partial charge in [-0.15, -0.1) is 0 Å². The third kappa shape index (κ3) is 72.4. The molecule has 0 fully saturated rings. The fourth-order valence-electron chi connectivity index (χ4n) is 12.1.